The standard InChI is InChI=1S/C13H24N4OS.HI/c1-6-11-17-10(8-19-11)7-15-12(14-4)16-9-13(2,3)18-5;/h8H,6-7,9H2,1-5H3,(H2,14,15,16);1H. The van der Waals surface area contributed by atoms with Crippen LogP contribution in [-0.4, -0.2) is 37.2 Å². The molecule has 116 valence electrons. The van der Waals surface area contributed by atoms with Crippen molar-refractivity contribution in [1.82, 2.24) is 15.6 Å². The highest BCUT2D eigenvalue weighted by molar-refractivity contribution is 14.0. The van der Waals surface area contributed by atoms with Gasteiger partial charge in [-0.25, -0.2) is 4.98 Å². The molecule has 0 saturated carbocycles. The molecule has 0 spiro atoms. The maximum Gasteiger partial charge on any atom is 0.191 e. The molecule has 7 heteroatoms. The molecule has 0 aliphatic rings. The van der Waals surface area contributed by atoms with Gasteiger partial charge in [-0.3, -0.25) is 4.99 Å². The molecule has 5 nitrogen and oxygen atoms in total. The molecule has 0 atom stereocenters. The van der Waals surface area contributed by atoms with Gasteiger partial charge < -0.3 is 15.4 Å². The summed E-state index contributed by atoms with van der Waals surface area (Å²) in [5, 5.41) is 9.74. The summed E-state index contributed by atoms with van der Waals surface area (Å²) in [7, 11) is 3.47. The molecular formula is C13H25IN4OS. The number of halogens is 1. The molecule has 1 aromatic heterocycles. The Bertz CT molecular complexity index is 420. The van der Waals surface area contributed by atoms with Crippen molar-refractivity contribution in [3.63, 3.8) is 0 Å². The number of aliphatic imine (C=N–C) groups is 1. The van der Waals surface area contributed by atoms with Crippen molar-refractivity contribution < 1.29 is 4.74 Å². The average molecular weight is 412 g/mol. The molecule has 0 unspecified atom stereocenters. The van der Waals surface area contributed by atoms with Crippen molar-refractivity contribution in [2.75, 3.05) is 20.7 Å². The third-order valence-electron chi connectivity index (χ3n) is 2.80. The molecule has 0 fully saturated rings. The fourth-order valence-electron chi connectivity index (χ4n) is 1.36. The summed E-state index contributed by atoms with van der Waals surface area (Å²) in [6, 6.07) is 0. The molecule has 0 bridgehead atoms. The van der Waals surface area contributed by atoms with Gasteiger partial charge in [0, 0.05) is 26.1 Å². The number of nitrogens with one attached hydrogen (secondary N) is 2. The Balaban J connectivity index is 0.00000361. The van der Waals surface area contributed by atoms with Gasteiger partial charge >= 0.3 is 0 Å². The van der Waals surface area contributed by atoms with Crippen LogP contribution in [0, 0.1) is 0 Å². The van der Waals surface area contributed by atoms with Crippen LogP contribution < -0.4 is 10.6 Å². The number of ether oxygens (including phenoxy) is 1. The zero-order chi connectivity index (χ0) is 14.3. The van der Waals surface area contributed by atoms with Crippen molar-refractivity contribution in [2.45, 2.75) is 39.3 Å². The molecule has 0 amide bonds. The van der Waals surface area contributed by atoms with Crippen molar-refractivity contribution in [1.29, 1.82) is 0 Å². The summed E-state index contributed by atoms with van der Waals surface area (Å²) in [5.41, 5.74) is 0.837. The molecule has 1 rings (SSSR count). The summed E-state index contributed by atoms with van der Waals surface area (Å²) >= 11 is 1.70. The predicted molar refractivity (Wildman–Crippen MR) is 96.2 cm³/mol. The lowest BCUT2D eigenvalue weighted by molar-refractivity contribution is 0.0268. The van der Waals surface area contributed by atoms with E-state index in [9.17, 15) is 0 Å². The van der Waals surface area contributed by atoms with Crippen molar-refractivity contribution in [2.24, 2.45) is 4.99 Å². The van der Waals surface area contributed by atoms with Crippen LogP contribution >= 0.6 is 35.3 Å². The van der Waals surface area contributed by atoms with Gasteiger partial charge in [-0.15, -0.1) is 35.3 Å². The Morgan fingerprint density at radius 1 is 1.45 bits per heavy atom. The molecule has 1 heterocycles. The lowest BCUT2D eigenvalue weighted by Crippen LogP contribution is -2.45. The number of aromatic nitrogens is 1. The Labute approximate surface area is 142 Å². The number of hydrogen-bond donors (Lipinski definition) is 2. The monoisotopic (exact) mass is 412 g/mol. The van der Waals surface area contributed by atoms with E-state index >= 15 is 0 Å². The van der Waals surface area contributed by atoms with E-state index in [0.717, 1.165) is 18.1 Å². The van der Waals surface area contributed by atoms with Gasteiger partial charge in [0.1, 0.15) is 0 Å². The minimum absolute atomic E-state index is 0. The van der Waals surface area contributed by atoms with Crippen molar-refractivity contribution >= 4 is 41.3 Å². The van der Waals surface area contributed by atoms with E-state index < -0.39 is 0 Å². The summed E-state index contributed by atoms with van der Waals surface area (Å²) in [6.07, 6.45) is 0.986. The van der Waals surface area contributed by atoms with Crippen molar-refractivity contribution in [3.8, 4) is 0 Å². The van der Waals surface area contributed by atoms with Gasteiger partial charge in [0.05, 0.1) is 22.8 Å². The smallest absolute Gasteiger partial charge is 0.191 e. The van der Waals surface area contributed by atoms with Crippen LogP contribution in [-0.2, 0) is 17.7 Å². The molecule has 2 N–H and O–H groups in total. The van der Waals surface area contributed by atoms with E-state index in [0.29, 0.717) is 13.1 Å². The third kappa shape index (κ3) is 6.85. The van der Waals surface area contributed by atoms with E-state index in [1.165, 1.54) is 5.01 Å². The third-order valence-corrected chi connectivity index (χ3v) is 3.84. The number of thiazole rings is 1. The van der Waals surface area contributed by atoms with Gasteiger partial charge in [0.15, 0.2) is 5.96 Å². The zero-order valence-electron chi connectivity index (χ0n) is 12.8. The van der Waals surface area contributed by atoms with Crippen LogP contribution in [0.25, 0.3) is 0 Å². The maximum atomic E-state index is 5.36. The summed E-state index contributed by atoms with van der Waals surface area (Å²) in [6.45, 7) is 7.55. The topological polar surface area (TPSA) is 58.5 Å². The minimum Gasteiger partial charge on any atom is -0.377 e. The first-order valence-electron chi connectivity index (χ1n) is 6.43. The highest BCUT2D eigenvalue weighted by Gasteiger charge is 2.16. The summed E-state index contributed by atoms with van der Waals surface area (Å²) < 4.78 is 5.36. The lowest BCUT2D eigenvalue weighted by atomic mass is 10.1. The molecular weight excluding hydrogens is 387 g/mol. The van der Waals surface area contributed by atoms with Crippen LogP contribution in [0.3, 0.4) is 0 Å². The second-order valence-corrected chi connectivity index (χ2v) is 5.77. The van der Waals surface area contributed by atoms with Gasteiger partial charge in [-0.1, -0.05) is 6.92 Å². The van der Waals surface area contributed by atoms with Crippen LogP contribution in [0.4, 0.5) is 0 Å². The molecule has 1 aromatic rings. The van der Waals surface area contributed by atoms with Crippen molar-refractivity contribution in [3.05, 3.63) is 16.1 Å². The van der Waals surface area contributed by atoms with Crippen LogP contribution in [0.2, 0.25) is 0 Å². The SMILES string of the molecule is CCc1nc(CNC(=NC)NCC(C)(C)OC)cs1.I. The fourth-order valence-corrected chi connectivity index (χ4v) is 2.10. The number of rotatable bonds is 6. The second-order valence-electron chi connectivity index (χ2n) is 4.83. The number of hydrogen-bond acceptors (Lipinski definition) is 4. The van der Waals surface area contributed by atoms with E-state index in [2.05, 4.69) is 32.9 Å². The van der Waals surface area contributed by atoms with Gasteiger partial charge in [0.2, 0.25) is 0 Å². The molecule has 0 aliphatic carbocycles. The Morgan fingerprint density at radius 3 is 2.65 bits per heavy atom. The number of methoxy groups -OCH3 is 1. The summed E-state index contributed by atoms with van der Waals surface area (Å²) in [4.78, 5) is 8.69. The van der Waals surface area contributed by atoms with Crippen LogP contribution in [0.15, 0.2) is 10.4 Å². The summed E-state index contributed by atoms with van der Waals surface area (Å²) in [5.74, 6) is 0.760. The van der Waals surface area contributed by atoms with E-state index in [1.807, 2.05) is 13.8 Å². The molecule has 20 heavy (non-hydrogen) atoms. The molecule has 0 aliphatic heterocycles. The fraction of sp³-hybridized carbons (Fsp3) is 0.692. The first kappa shape index (κ1) is 19.6. The average Bonchev–Trinajstić information content (AvgIpc) is 2.87. The zero-order valence-corrected chi connectivity index (χ0v) is 16.0. The van der Waals surface area contributed by atoms with Crippen LogP contribution in [0.1, 0.15) is 31.5 Å². The quantitative estimate of drug-likeness (QED) is 0.428. The largest absolute Gasteiger partial charge is 0.377 e. The van der Waals surface area contributed by atoms with Gasteiger partial charge in [-0.05, 0) is 20.3 Å². The molecule has 0 radical (unpaired) electrons. The first-order valence-corrected chi connectivity index (χ1v) is 7.31. The van der Waals surface area contributed by atoms with E-state index in [4.69, 9.17) is 4.74 Å². The van der Waals surface area contributed by atoms with E-state index in [-0.39, 0.29) is 29.6 Å². The highest BCUT2D eigenvalue weighted by Crippen LogP contribution is 2.09. The molecule has 0 aromatic carbocycles. The van der Waals surface area contributed by atoms with Gasteiger partial charge in [0.25, 0.3) is 0 Å². The normalized spacial score (nSPS) is 11.9. The first-order chi connectivity index (χ1) is 9.00. The maximum absolute atomic E-state index is 5.36. The second kappa shape index (κ2) is 9.51. The number of guanidine groups is 1. The minimum atomic E-state index is -0.215. The van der Waals surface area contributed by atoms with E-state index in [1.54, 1.807) is 25.5 Å². The van der Waals surface area contributed by atoms with Crippen LogP contribution in [0.5, 0.6) is 0 Å². The Kier molecular flexibility index (Phi) is 9.32. The Morgan fingerprint density at radius 2 is 2.15 bits per heavy atom. The number of aryl methyl sites for hydroxylation is 1. The Hall–Kier alpha value is -0.410. The highest BCUT2D eigenvalue weighted by atomic mass is 127. The predicted octanol–water partition coefficient (Wildman–Crippen LogP) is 2.41. The molecule has 0 saturated heterocycles. The number of nitrogens with zero attached hydrogens (tertiary/aromatic N) is 2. The lowest BCUT2D eigenvalue weighted by Gasteiger charge is -2.24. The van der Waals surface area contributed by atoms with Gasteiger partial charge in [-0.2, -0.15) is 0 Å².